The molecule has 0 saturated carbocycles. The summed E-state index contributed by atoms with van der Waals surface area (Å²) in [6.45, 7) is 0.413. The lowest BCUT2D eigenvalue weighted by molar-refractivity contribution is -0.123. The SMILES string of the molecule is Cl.O=C(NCc1csc(-c2ncccn2)n1)[C@H]1CC[C@H](c2ccccc2)N1. The molecule has 2 N–H and O–H groups in total. The van der Waals surface area contributed by atoms with Gasteiger partial charge in [-0.2, -0.15) is 0 Å². The number of nitrogens with one attached hydrogen (secondary N) is 2. The third kappa shape index (κ3) is 4.68. The minimum atomic E-state index is -0.157. The fourth-order valence-electron chi connectivity index (χ4n) is 3.10. The van der Waals surface area contributed by atoms with Gasteiger partial charge in [0.05, 0.1) is 18.3 Å². The molecular formula is C19H20ClN5OS. The van der Waals surface area contributed by atoms with E-state index in [1.54, 1.807) is 18.5 Å². The van der Waals surface area contributed by atoms with Crippen LogP contribution < -0.4 is 10.6 Å². The third-order valence-electron chi connectivity index (χ3n) is 4.42. The van der Waals surface area contributed by atoms with Crippen LogP contribution in [0.25, 0.3) is 10.8 Å². The van der Waals surface area contributed by atoms with E-state index in [-0.39, 0.29) is 30.4 Å². The maximum atomic E-state index is 12.4. The number of carbonyl (C=O) groups excluding carboxylic acids is 1. The molecular weight excluding hydrogens is 382 g/mol. The fourth-order valence-corrected chi connectivity index (χ4v) is 3.86. The largest absolute Gasteiger partial charge is 0.349 e. The molecule has 2 atom stereocenters. The van der Waals surface area contributed by atoms with Crippen molar-refractivity contribution >= 4 is 29.7 Å². The lowest BCUT2D eigenvalue weighted by atomic mass is 10.1. The highest BCUT2D eigenvalue weighted by molar-refractivity contribution is 7.13. The number of rotatable bonds is 5. The first kappa shape index (κ1) is 19.4. The van der Waals surface area contributed by atoms with E-state index in [0.717, 1.165) is 23.5 Å². The van der Waals surface area contributed by atoms with Gasteiger partial charge >= 0.3 is 0 Å². The zero-order valence-corrected chi connectivity index (χ0v) is 16.2. The van der Waals surface area contributed by atoms with E-state index in [9.17, 15) is 4.79 Å². The van der Waals surface area contributed by atoms with Crippen LogP contribution in [0.3, 0.4) is 0 Å². The van der Waals surface area contributed by atoms with Crippen LogP contribution in [0.5, 0.6) is 0 Å². The molecule has 27 heavy (non-hydrogen) atoms. The maximum absolute atomic E-state index is 12.4. The number of amides is 1. The Bertz CT molecular complexity index is 874. The van der Waals surface area contributed by atoms with Crippen molar-refractivity contribution in [1.82, 2.24) is 25.6 Å². The van der Waals surface area contributed by atoms with Crippen LogP contribution in [-0.2, 0) is 11.3 Å². The number of aromatic nitrogens is 3. The number of thiazole rings is 1. The second kappa shape index (κ2) is 9.03. The van der Waals surface area contributed by atoms with E-state index in [1.165, 1.54) is 16.9 Å². The lowest BCUT2D eigenvalue weighted by Crippen LogP contribution is -2.40. The standard InChI is InChI=1S/C19H19N5OS.ClH/c25-18(16-8-7-15(24-16)13-5-2-1-3-6-13)22-11-14-12-26-19(23-14)17-20-9-4-10-21-17;/h1-6,9-10,12,15-16,24H,7-8,11H2,(H,22,25);1H/t15-,16-;/m1./s1. The number of nitrogens with zero attached hydrogens (tertiary/aromatic N) is 3. The van der Waals surface area contributed by atoms with Crippen LogP contribution in [0.1, 0.15) is 30.1 Å². The molecule has 8 heteroatoms. The lowest BCUT2D eigenvalue weighted by Gasteiger charge is -2.14. The summed E-state index contributed by atoms with van der Waals surface area (Å²) in [7, 11) is 0. The smallest absolute Gasteiger partial charge is 0.237 e. The molecule has 1 saturated heterocycles. The van der Waals surface area contributed by atoms with Crippen molar-refractivity contribution in [2.45, 2.75) is 31.5 Å². The number of hydrogen-bond donors (Lipinski definition) is 2. The molecule has 1 fully saturated rings. The molecule has 0 radical (unpaired) electrons. The van der Waals surface area contributed by atoms with Gasteiger partial charge < -0.3 is 5.32 Å². The molecule has 1 aliphatic heterocycles. The van der Waals surface area contributed by atoms with Gasteiger partial charge in [-0.05, 0) is 24.5 Å². The Hall–Kier alpha value is -2.35. The molecule has 0 unspecified atom stereocenters. The predicted molar refractivity (Wildman–Crippen MR) is 108 cm³/mol. The van der Waals surface area contributed by atoms with Crippen LogP contribution in [0, 0.1) is 0 Å². The Labute approximate surface area is 167 Å². The van der Waals surface area contributed by atoms with Crippen molar-refractivity contribution < 1.29 is 4.79 Å². The van der Waals surface area contributed by atoms with Crippen molar-refractivity contribution in [1.29, 1.82) is 0 Å². The highest BCUT2D eigenvalue weighted by Gasteiger charge is 2.29. The monoisotopic (exact) mass is 401 g/mol. The summed E-state index contributed by atoms with van der Waals surface area (Å²) in [6.07, 6.45) is 5.19. The van der Waals surface area contributed by atoms with Gasteiger partial charge in [-0.3, -0.25) is 10.1 Å². The number of benzene rings is 1. The molecule has 1 aromatic carbocycles. The average molecular weight is 402 g/mol. The molecule has 1 aliphatic rings. The number of halogens is 1. The van der Waals surface area contributed by atoms with Crippen molar-refractivity contribution in [3.05, 3.63) is 65.4 Å². The first-order chi connectivity index (χ1) is 12.8. The molecule has 1 amide bonds. The van der Waals surface area contributed by atoms with Crippen molar-refractivity contribution in [3.8, 4) is 10.8 Å². The van der Waals surface area contributed by atoms with Gasteiger partial charge in [0.2, 0.25) is 5.91 Å². The van der Waals surface area contributed by atoms with E-state index in [4.69, 9.17) is 0 Å². The summed E-state index contributed by atoms with van der Waals surface area (Å²) < 4.78 is 0. The molecule has 0 aliphatic carbocycles. The zero-order chi connectivity index (χ0) is 17.8. The highest BCUT2D eigenvalue weighted by atomic mass is 35.5. The first-order valence-electron chi connectivity index (χ1n) is 8.60. The van der Waals surface area contributed by atoms with Crippen LogP contribution in [0.15, 0.2) is 54.2 Å². The van der Waals surface area contributed by atoms with Gasteiger partial charge in [0.1, 0.15) is 0 Å². The second-order valence-electron chi connectivity index (χ2n) is 6.19. The highest BCUT2D eigenvalue weighted by Crippen LogP contribution is 2.26. The van der Waals surface area contributed by atoms with Crippen molar-refractivity contribution in [2.24, 2.45) is 0 Å². The number of carbonyl (C=O) groups is 1. The molecule has 140 valence electrons. The molecule has 2 aromatic heterocycles. The first-order valence-corrected chi connectivity index (χ1v) is 9.48. The Kier molecular flexibility index (Phi) is 6.49. The van der Waals surface area contributed by atoms with Crippen LogP contribution >= 0.6 is 23.7 Å². The summed E-state index contributed by atoms with van der Waals surface area (Å²) in [6, 6.07) is 12.1. The summed E-state index contributed by atoms with van der Waals surface area (Å²) >= 11 is 1.48. The predicted octanol–water partition coefficient (Wildman–Crippen LogP) is 3.13. The minimum Gasteiger partial charge on any atom is -0.349 e. The third-order valence-corrected chi connectivity index (χ3v) is 5.30. The van der Waals surface area contributed by atoms with Crippen LogP contribution in [0.4, 0.5) is 0 Å². The molecule has 3 heterocycles. The van der Waals surface area contributed by atoms with E-state index in [0.29, 0.717) is 12.4 Å². The zero-order valence-electron chi connectivity index (χ0n) is 14.5. The number of hydrogen-bond acceptors (Lipinski definition) is 6. The Balaban J connectivity index is 0.00000210. The minimum absolute atomic E-state index is 0. The molecule has 0 bridgehead atoms. The molecule has 0 spiro atoms. The van der Waals surface area contributed by atoms with Gasteiger partial charge in [0.15, 0.2) is 10.8 Å². The van der Waals surface area contributed by atoms with E-state index >= 15 is 0 Å². The summed E-state index contributed by atoms with van der Waals surface area (Å²) in [4.78, 5) is 25.3. The van der Waals surface area contributed by atoms with Crippen LogP contribution in [-0.4, -0.2) is 26.9 Å². The van der Waals surface area contributed by atoms with Gasteiger partial charge in [-0.1, -0.05) is 30.3 Å². The maximum Gasteiger partial charge on any atom is 0.237 e. The fraction of sp³-hybridized carbons (Fsp3) is 0.263. The van der Waals surface area contributed by atoms with Crippen molar-refractivity contribution in [2.75, 3.05) is 0 Å². The Morgan fingerprint density at radius 1 is 1.15 bits per heavy atom. The Morgan fingerprint density at radius 3 is 2.70 bits per heavy atom. The van der Waals surface area contributed by atoms with Crippen molar-refractivity contribution in [3.63, 3.8) is 0 Å². The van der Waals surface area contributed by atoms with Gasteiger partial charge in [-0.15, -0.1) is 23.7 Å². The van der Waals surface area contributed by atoms with E-state index in [2.05, 4.69) is 37.7 Å². The summed E-state index contributed by atoms with van der Waals surface area (Å²) in [5.41, 5.74) is 2.05. The van der Waals surface area contributed by atoms with Gasteiger partial charge in [0.25, 0.3) is 0 Å². The second-order valence-corrected chi connectivity index (χ2v) is 7.05. The van der Waals surface area contributed by atoms with Gasteiger partial charge in [-0.25, -0.2) is 15.0 Å². The van der Waals surface area contributed by atoms with Gasteiger partial charge in [0, 0.05) is 23.8 Å². The quantitative estimate of drug-likeness (QED) is 0.686. The molecule has 4 rings (SSSR count). The summed E-state index contributed by atoms with van der Waals surface area (Å²) in [5.74, 6) is 0.632. The average Bonchev–Trinajstić information content (AvgIpc) is 3.37. The molecule has 6 nitrogen and oxygen atoms in total. The van der Waals surface area contributed by atoms with Crippen LogP contribution in [0.2, 0.25) is 0 Å². The normalized spacial score (nSPS) is 18.7. The van der Waals surface area contributed by atoms with E-state index < -0.39 is 0 Å². The Morgan fingerprint density at radius 2 is 1.93 bits per heavy atom. The summed E-state index contributed by atoms with van der Waals surface area (Å²) in [5, 5.41) is 9.10. The molecule has 3 aromatic rings. The topological polar surface area (TPSA) is 79.8 Å². The van der Waals surface area contributed by atoms with E-state index in [1.807, 2.05) is 23.6 Å².